The van der Waals surface area contributed by atoms with Gasteiger partial charge in [-0.25, -0.2) is 4.39 Å². The zero-order valence-corrected chi connectivity index (χ0v) is 9.26. The van der Waals surface area contributed by atoms with Gasteiger partial charge in [-0.3, -0.25) is 0 Å². The minimum Gasteiger partial charge on any atom is -0.369 e. The number of benzene rings is 1. The highest BCUT2D eigenvalue weighted by Gasteiger charge is 2.61. The Kier molecular flexibility index (Phi) is 3.07. The van der Waals surface area contributed by atoms with Crippen LogP contribution in [0.5, 0.6) is 0 Å². The van der Waals surface area contributed by atoms with Gasteiger partial charge in [0.25, 0.3) is 0 Å². The van der Waals surface area contributed by atoms with E-state index in [2.05, 4.69) is 5.92 Å². The molecule has 96 valence electrons. The van der Waals surface area contributed by atoms with Crippen LogP contribution < -0.4 is 0 Å². The van der Waals surface area contributed by atoms with Crippen LogP contribution in [0.2, 0.25) is 0 Å². The SMILES string of the molecule is OC(C#Cc1ccc(F)cc1)(C1CC1)C(F)(F)F. The van der Waals surface area contributed by atoms with Crippen LogP contribution in [0, 0.1) is 23.6 Å². The fourth-order valence-corrected chi connectivity index (χ4v) is 1.61. The molecule has 1 fully saturated rings. The lowest BCUT2D eigenvalue weighted by Crippen LogP contribution is -2.46. The third-order valence-corrected chi connectivity index (χ3v) is 2.84. The molecule has 1 aromatic carbocycles. The fourth-order valence-electron chi connectivity index (χ4n) is 1.61. The number of rotatable bonds is 1. The van der Waals surface area contributed by atoms with Gasteiger partial charge in [0.15, 0.2) is 0 Å². The van der Waals surface area contributed by atoms with Crippen LogP contribution in [0.25, 0.3) is 0 Å². The quantitative estimate of drug-likeness (QED) is 0.606. The maximum Gasteiger partial charge on any atom is 0.428 e. The van der Waals surface area contributed by atoms with Crippen LogP contribution >= 0.6 is 0 Å². The summed E-state index contributed by atoms with van der Waals surface area (Å²) in [5.41, 5.74) is -2.72. The zero-order valence-electron chi connectivity index (χ0n) is 9.26. The van der Waals surface area contributed by atoms with Crippen molar-refractivity contribution in [3.05, 3.63) is 35.6 Å². The van der Waals surface area contributed by atoms with Gasteiger partial charge in [0, 0.05) is 11.5 Å². The van der Waals surface area contributed by atoms with Crippen molar-refractivity contribution in [1.29, 1.82) is 0 Å². The van der Waals surface area contributed by atoms with E-state index in [-0.39, 0.29) is 5.56 Å². The van der Waals surface area contributed by atoms with Gasteiger partial charge < -0.3 is 5.11 Å². The van der Waals surface area contributed by atoms with E-state index in [1.54, 1.807) is 0 Å². The molecule has 0 spiro atoms. The molecule has 0 amide bonds. The third kappa shape index (κ3) is 2.49. The molecule has 18 heavy (non-hydrogen) atoms. The molecule has 2 rings (SSSR count). The van der Waals surface area contributed by atoms with Gasteiger partial charge in [0.2, 0.25) is 5.60 Å². The first-order valence-corrected chi connectivity index (χ1v) is 5.41. The van der Waals surface area contributed by atoms with Crippen molar-refractivity contribution in [2.75, 3.05) is 0 Å². The van der Waals surface area contributed by atoms with E-state index in [4.69, 9.17) is 0 Å². The summed E-state index contributed by atoms with van der Waals surface area (Å²) < 4.78 is 50.9. The van der Waals surface area contributed by atoms with Crippen molar-refractivity contribution in [3.8, 4) is 11.8 Å². The predicted molar refractivity (Wildman–Crippen MR) is 57.0 cm³/mol. The Morgan fingerprint density at radius 1 is 1.11 bits per heavy atom. The largest absolute Gasteiger partial charge is 0.428 e. The summed E-state index contributed by atoms with van der Waals surface area (Å²) in [5.74, 6) is 2.80. The number of hydrogen-bond acceptors (Lipinski definition) is 1. The molecule has 0 bridgehead atoms. The topological polar surface area (TPSA) is 20.2 Å². The normalized spacial score (nSPS) is 18.7. The second-order valence-corrected chi connectivity index (χ2v) is 4.30. The van der Waals surface area contributed by atoms with Gasteiger partial charge in [-0.1, -0.05) is 11.8 Å². The van der Waals surface area contributed by atoms with E-state index in [0.717, 1.165) is 12.1 Å². The van der Waals surface area contributed by atoms with Crippen LogP contribution in [-0.2, 0) is 0 Å². The van der Waals surface area contributed by atoms with E-state index in [0.29, 0.717) is 12.8 Å². The summed E-state index contributed by atoms with van der Waals surface area (Å²) in [6.07, 6.45) is -4.15. The van der Waals surface area contributed by atoms with Gasteiger partial charge in [-0.15, -0.1) is 0 Å². The van der Waals surface area contributed by atoms with Crippen LogP contribution in [0.3, 0.4) is 0 Å². The molecule has 5 heteroatoms. The fraction of sp³-hybridized carbons (Fsp3) is 0.385. The van der Waals surface area contributed by atoms with Crippen LogP contribution in [-0.4, -0.2) is 16.9 Å². The summed E-state index contributed by atoms with van der Waals surface area (Å²) >= 11 is 0. The average molecular weight is 258 g/mol. The Bertz CT molecular complexity index is 490. The summed E-state index contributed by atoms with van der Waals surface area (Å²) in [6.45, 7) is 0. The number of halogens is 4. The van der Waals surface area contributed by atoms with E-state index >= 15 is 0 Å². The van der Waals surface area contributed by atoms with E-state index in [1.807, 2.05) is 5.92 Å². The molecule has 0 aromatic heterocycles. The molecule has 0 heterocycles. The Labute approximate surface area is 101 Å². The molecule has 1 aliphatic carbocycles. The number of aliphatic hydroxyl groups is 1. The van der Waals surface area contributed by atoms with Crippen molar-refractivity contribution in [1.82, 2.24) is 0 Å². The summed E-state index contributed by atoms with van der Waals surface area (Å²) in [4.78, 5) is 0. The van der Waals surface area contributed by atoms with Crippen LogP contribution in [0.4, 0.5) is 17.6 Å². The molecular formula is C13H10F4O. The lowest BCUT2D eigenvalue weighted by molar-refractivity contribution is -0.242. The van der Waals surface area contributed by atoms with Gasteiger partial charge in [-0.2, -0.15) is 13.2 Å². The molecule has 0 radical (unpaired) electrons. The molecule has 1 unspecified atom stereocenters. The Morgan fingerprint density at radius 2 is 1.67 bits per heavy atom. The van der Waals surface area contributed by atoms with E-state index in [1.165, 1.54) is 12.1 Å². The van der Waals surface area contributed by atoms with Gasteiger partial charge in [-0.05, 0) is 37.1 Å². The van der Waals surface area contributed by atoms with Crippen molar-refractivity contribution in [2.45, 2.75) is 24.6 Å². The second-order valence-electron chi connectivity index (χ2n) is 4.30. The number of hydrogen-bond donors (Lipinski definition) is 1. The van der Waals surface area contributed by atoms with E-state index < -0.39 is 23.5 Å². The standard InChI is InChI=1S/C13H10F4O/c14-11-5-1-9(2-6-11)7-8-12(18,10-3-4-10)13(15,16)17/h1-2,5-6,10,18H,3-4H2. The molecule has 1 saturated carbocycles. The highest BCUT2D eigenvalue weighted by atomic mass is 19.4. The van der Waals surface area contributed by atoms with Gasteiger partial charge in [0.05, 0.1) is 0 Å². The van der Waals surface area contributed by atoms with Crippen LogP contribution in [0.15, 0.2) is 24.3 Å². The first-order valence-electron chi connectivity index (χ1n) is 5.41. The van der Waals surface area contributed by atoms with E-state index in [9.17, 15) is 22.7 Å². The molecule has 0 aliphatic heterocycles. The Morgan fingerprint density at radius 3 is 2.11 bits per heavy atom. The molecule has 0 saturated heterocycles. The highest BCUT2D eigenvalue weighted by Crippen LogP contribution is 2.47. The molecule has 1 nitrogen and oxygen atoms in total. The zero-order chi connectivity index (χ0) is 13.4. The summed E-state index contributed by atoms with van der Waals surface area (Å²) in [5, 5.41) is 9.63. The molecule has 1 aromatic rings. The molecule has 1 atom stereocenters. The van der Waals surface area contributed by atoms with Gasteiger partial charge >= 0.3 is 6.18 Å². The Balaban J connectivity index is 2.28. The maximum absolute atomic E-state index is 12.7. The highest BCUT2D eigenvalue weighted by molar-refractivity contribution is 5.37. The molecule has 1 aliphatic rings. The monoisotopic (exact) mass is 258 g/mol. The predicted octanol–water partition coefficient (Wildman–Crippen LogP) is 2.88. The van der Waals surface area contributed by atoms with Gasteiger partial charge in [0.1, 0.15) is 5.82 Å². The maximum atomic E-state index is 12.7. The summed E-state index contributed by atoms with van der Waals surface area (Å²) in [6, 6.07) is 4.75. The lowest BCUT2D eigenvalue weighted by Gasteiger charge is -2.24. The van der Waals surface area contributed by atoms with Crippen molar-refractivity contribution < 1.29 is 22.7 Å². The molecule has 1 N–H and O–H groups in total. The molecular weight excluding hydrogens is 248 g/mol. The first kappa shape index (κ1) is 12.9. The second kappa shape index (κ2) is 4.29. The Hall–Kier alpha value is -1.54. The summed E-state index contributed by atoms with van der Waals surface area (Å²) in [7, 11) is 0. The van der Waals surface area contributed by atoms with Crippen molar-refractivity contribution in [3.63, 3.8) is 0 Å². The van der Waals surface area contributed by atoms with Crippen molar-refractivity contribution in [2.24, 2.45) is 5.92 Å². The third-order valence-electron chi connectivity index (χ3n) is 2.84. The average Bonchev–Trinajstić information content (AvgIpc) is 3.10. The first-order chi connectivity index (χ1) is 8.33. The number of alkyl halides is 3. The minimum absolute atomic E-state index is 0.236. The smallest absolute Gasteiger partial charge is 0.369 e. The van der Waals surface area contributed by atoms with Crippen LogP contribution in [0.1, 0.15) is 18.4 Å². The lowest BCUT2D eigenvalue weighted by atomic mass is 9.97. The van der Waals surface area contributed by atoms with Crippen molar-refractivity contribution >= 4 is 0 Å². The minimum atomic E-state index is -4.78.